The van der Waals surface area contributed by atoms with Gasteiger partial charge in [0.25, 0.3) is 0 Å². The molecule has 4 nitrogen and oxygen atoms in total. The Labute approximate surface area is 144 Å². The Bertz CT molecular complexity index is 630. The van der Waals surface area contributed by atoms with Crippen molar-refractivity contribution < 1.29 is 0 Å². The third-order valence-electron chi connectivity index (χ3n) is 4.43. The predicted molar refractivity (Wildman–Crippen MR) is 99.5 cm³/mol. The third-order valence-corrected chi connectivity index (χ3v) is 4.43. The second kappa shape index (κ2) is 8.48. The highest BCUT2D eigenvalue weighted by Gasteiger charge is 2.08. The van der Waals surface area contributed by atoms with E-state index in [0.717, 1.165) is 31.9 Å². The van der Waals surface area contributed by atoms with E-state index in [4.69, 9.17) is 0 Å². The molecule has 0 unspecified atom stereocenters. The molecule has 0 aromatic heterocycles. The molecule has 0 radical (unpaired) electrons. The van der Waals surface area contributed by atoms with Gasteiger partial charge in [0.05, 0.1) is 5.69 Å². The minimum atomic E-state index is 0.917. The molecule has 1 aliphatic rings. The largest absolute Gasteiger partial charge is 0.367 e. The average molecular weight is 322 g/mol. The number of benzene rings is 2. The Hall–Kier alpha value is -2.36. The zero-order valence-corrected chi connectivity index (χ0v) is 14.4. The van der Waals surface area contributed by atoms with Crippen LogP contribution >= 0.6 is 0 Å². The van der Waals surface area contributed by atoms with Gasteiger partial charge < -0.3 is 4.90 Å². The minimum absolute atomic E-state index is 0.917. The highest BCUT2D eigenvalue weighted by Crippen LogP contribution is 2.22. The fraction of sp³-hybridized carbons (Fsp3) is 0.400. The second-order valence-corrected chi connectivity index (χ2v) is 6.22. The van der Waals surface area contributed by atoms with Gasteiger partial charge in [-0.2, -0.15) is 0 Å². The van der Waals surface area contributed by atoms with Crippen molar-refractivity contribution >= 4 is 11.4 Å². The van der Waals surface area contributed by atoms with Gasteiger partial charge in [0.1, 0.15) is 0 Å². The molecule has 24 heavy (non-hydrogen) atoms. The summed E-state index contributed by atoms with van der Waals surface area (Å²) in [5, 5.41) is 10.8. The van der Waals surface area contributed by atoms with Gasteiger partial charge in [0, 0.05) is 31.9 Å². The molecule has 1 heterocycles. The summed E-state index contributed by atoms with van der Waals surface area (Å²) in [5.41, 5.74) is 3.46. The van der Waals surface area contributed by atoms with Crippen LogP contribution in [0.2, 0.25) is 0 Å². The maximum absolute atomic E-state index is 4.37. The van der Waals surface area contributed by atoms with Gasteiger partial charge in [-0.05, 0) is 56.0 Å². The molecule has 126 valence electrons. The van der Waals surface area contributed by atoms with Crippen LogP contribution in [-0.2, 0) is 6.54 Å². The Morgan fingerprint density at radius 3 is 2.29 bits per heavy atom. The van der Waals surface area contributed by atoms with E-state index in [1.807, 2.05) is 0 Å². The lowest BCUT2D eigenvalue weighted by Gasteiger charge is -2.23. The van der Waals surface area contributed by atoms with Crippen LogP contribution in [0, 0.1) is 0 Å². The SMILES string of the molecule is CCN(Cc1ccccc1)c1ccc(N=NN2CCCCC2)cc1. The van der Waals surface area contributed by atoms with Crippen LogP contribution in [-0.4, -0.2) is 24.6 Å². The number of hydrogen-bond donors (Lipinski definition) is 0. The van der Waals surface area contributed by atoms with E-state index in [0.29, 0.717) is 0 Å². The molecule has 2 aromatic carbocycles. The smallest absolute Gasteiger partial charge is 0.0875 e. The van der Waals surface area contributed by atoms with E-state index in [2.05, 4.69) is 81.8 Å². The minimum Gasteiger partial charge on any atom is -0.367 e. The van der Waals surface area contributed by atoms with Crippen molar-refractivity contribution in [3.05, 3.63) is 60.2 Å². The van der Waals surface area contributed by atoms with Crippen molar-refractivity contribution in [2.45, 2.75) is 32.7 Å². The van der Waals surface area contributed by atoms with E-state index in [1.54, 1.807) is 0 Å². The highest BCUT2D eigenvalue weighted by molar-refractivity contribution is 5.52. The first-order valence-corrected chi connectivity index (χ1v) is 8.90. The average Bonchev–Trinajstić information content (AvgIpc) is 2.67. The Morgan fingerprint density at radius 1 is 0.917 bits per heavy atom. The van der Waals surface area contributed by atoms with E-state index < -0.39 is 0 Å². The Balaban J connectivity index is 1.63. The molecule has 0 atom stereocenters. The highest BCUT2D eigenvalue weighted by atomic mass is 15.5. The van der Waals surface area contributed by atoms with E-state index in [1.165, 1.54) is 30.5 Å². The number of anilines is 1. The van der Waals surface area contributed by atoms with Crippen LogP contribution in [0.1, 0.15) is 31.7 Å². The van der Waals surface area contributed by atoms with Crippen LogP contribution in [0.15, 0.2) is 64.9 Å². The lowest BCUT2D eigenvalue weighted by Crippen LogP contribution is -2.23. The van der Waals surface area contributed by atoms with E-state index in [9.17, 15) is 0 Å². The zero-order valence-electron chi connectivity index (χ0n) is 14.4. The third kappa shape index (κ3) is 4.57. The zero-order chi connectivity index (χ0) is 16.6. The van der Waals surface area contributed by atoms with Crippen LogP contribution in [0.25, 0.3) is 0 Å². The summed E-state index contributed by atoms with van der Waals surface area (Å²) in [6.45, 7) is 6.15. The quantitative estimate of drug-likeness (QED) is 0.685. The summed E-state index contributed by atoms with van der Waals surface area (Å²) in [6.07, 6.45) is 3.76. The van der Waals surface area contributed by atoms with Crippen molar-refractivity contribution in [1.82, 2.24) is 5.01 Å². The number of rotatable bonds is 6. The van der Waals surface area contributed by atoms with E-state index >= 15 is 0 Å². The molecule has 0 amide bonds. The molecule has 2 aromatic rings. The lowest BCUT2D eigenvalue weighted by molar-refractivity contribution is 0.224. The predicted octanol–water partition coefficient (Wildman–Crippen LogP) is 5.20. The first-order chi connectivity index (χ1) is 11.8. The first-order valence-electron chi connectivity index (χ1n) is 8.90. The summed E-state index contributed by atoms with van der Waals surface area (Å²) in [5.74, 6) is 0. The standard InChI is InChI=1S/C20H26N4/c1-2-23(17-18-9-5-3-6-10-18)20-13-11-19(12-14-20)21-22-24-15-7-4-8-16-24/h3,5-6,9-14H,2,4,7-8,15-17H2,1H3. The van der Waals surface area contributed by atoms with Gasteiger partial charge in [-0.1, -0.05) is 35.6 Å². The fourth-order valence-electron chi connectivity index (χ4n) is 3.00. The van der Waals surface area contributed by atoms with Crippen LogP contribution < -0.4 is 4.90 Å². The van der Waals surface area contributed by atoms with Gasteiger partial charge in [-0.15, -0.1) is 5.11 Å². The lowest BCUT2D eigenvalue weighted by atomic mass is 10.2. The molecular formula is C20H26N4. The van der Waals surface area contributed by atoms with Gasteiger partial charge in [0.15, 0.2) is 0 Å². The molecule has 1 fully saturated rings. The van der Waals surface area contributed by atoms with Crippen LogP contribution in [0.3, 0.4) is 0 Å². The molecule has 0 aliphatic carbocycles. The van der Waals surface area contributed by atoms with Gasteiger partial charge >= 0.3 is 0 Å². The maximum atomic E-state index is 4.37. The Kier molecular flexibility index (Phi) is 5.83. The van der Waals surface area contributed by atoms with Gasteiger partial charge in [-0.3, -0.25) is 5.01 Å². The monoisotopic (exact) mass is 322 g/mol. The van der Waals surface area contributed by atoms with Crippen LogP contribution in [0.5, 0.6) is 0 Å². The van der Waals surface area contributed by atoms with E-state index in [-0.39, 0.29) is 0 Å². The second-order valence-electron chi connectivity index (χ2n) is 6.22. The summed E-state index contributed by atoms with van der Waals surface area (Å²) in [6, 6.07) is 19.0. The number of hydrogen-bond acceptors (Lipinski definition) is 3. The van der Waals surface area contributed by atoms with Crippen molar-refractivity contribution in [3.8, 4) is 0 Å². The molecule has 4 heteroatoms. The van der Waals surface area contributed by atoms with Gasteiger partial charge in [-0.25, -0.2) is 0 Å². The summed E-state index contributed by atoms with van der Waals surface area (Å²) >= 11 is 0. The van der Waals surface area contributed by atoms with Crippen molar-refractivity contribution in [1.29, 1.82) is 0 Å². The number of nitrogens with zero attached hydrogens (tertiary/aromatic N) is 4. The van der Waals surface area contributed by atoms with Crippen molar-refractivity contribution in [3.63, 3.8) is 0 Å². The van der Waals surface area contributed by atoms with Crippen LogP contribution in [0.4, 0.5) is 11.4 Å². The summed E-state index contributed by atoms with van der Waals surface area (Å²) in [4.78, 5) is 2.36. The molecule has 0 N–H and O–H groups in total. The maximum Gasteiger partial charge on any atom is 0.0875 e. The molecule has 1 aliphatic heterocycles. The molecule has 0 spiro atoms. The molecular weight excluding hydrogens is 296 g/mol. The Morgan fingerprint density at radius 2 is 1.62 bits per heavy atom. The summed E-state index contributed by atoms with van der Waals surface area (Å²) < 4.78 is 0. The van der Waals surface area contributed by atoms with Crippen molar-refractivity contribution in [2.75, 3.05) is 24.5 Å². The molecule has 0 bridgehead atoms. The normalized spacial score (nSPS) is 15.0. The number of piperidine rings is 1. The topological polar surface area (TPSA) is 31.2 Å². The first kappa shape index (κ1) is 16.5. The molecule has 3 rings (SSSR count). The summed E-state index contributed by atoms with van der Waals surface area (Å²) in [7, 11) is 0. The van der Waals surface area contributed by atoms with Gasteiger partial charge in [0.2, 0.25) is 0 Å². The molecule has 0 saturated carbocycles. The molecule has 1 saturated heterocycles. The fourth-order valence-corrected chi connectivity index (χ4v) is 3.00. The van der Waals surface area contributed by atoms with Crippen molar-refractivity contribution in [2.24, 2.45) is 10.3 Å².